The molecular formula is C22H13K4N3O15S4. The second-order valence-electron chi connectivity index (χ2n) is 8.82. The minimum absolute atomic E-state index is 0. The zero-order valence-corrected chi connectivity index (χ0v) is 40.8. The Balaban J connectivity index is 0.00000552. The van der Waals surface area contributed by atoms with Crippen LogP contribution in [0.1, 0.15) is 31.8 Å². The molecule has 26 heteroatoms. The predicted molar refractivity (Wildman–Crippen MR) is 141 cm³/mol. The van der Waals surface area contributed by atoms with E-state index in [0.29, 0.717) is 18.2 Å². The van der Waals surface area contributed by atoms with Gasteiger partial charge in [-0.25, -0.2) is 25.3 Å². The van der Waals surface area contributed by atoms with Crippen LogP contribution >= 0.6 is 0 Å². The maximum atomic E-state index is 13.6. The number of anilines is 3. The van der Waals surface area contributed by atoms with E-state index in [9.17, 15) is 66.6 Å². The summed E-state index contributed by atoms with van der Waals surface area (Å²) in [6, 6.07) is 5.20. The minimum atomic E-state index is -5.52. The average Bonchev–Trinajstić information content (AvgIpc) is 2.85. The fourth-order valence-corrected chi connectivity index (χ4v) is 6.59. The molecule has 3 aromatic carbocycles. The van der Waals surface area contributed by atoms with Crippen molar-refractivity contribution < 1.29 is 272 Å². The molecule has 1 aliphatic rings. The minimum Gasteiger partial charge on any atom is -0.861 e. The van der Waals surface area contributed by atoms with E-state index < -0.39 is 123 Å². The first-order chi connectivity index (χ1) is 20.0. The first kappa shape index (κ1) is 50.3. The predicted octanol–water partition coefficient (Wildman–Crippen LogP) is -13.2. The SMILES string of the molecule is Nc1c(S(=O)(=O)O)cc(Nc2ccc(N=C([O-])CS(=O)(=O)[O-])c(S(=O)(=O)[O-])c2)c2c1C(=O)c1cccc(S(=O)(=O)[O-])c1C2=O.[K+].[K+].[K+].[K+]. The molecule has 0 heterocycles. The number of nitrogen functional groups attached to an aromatic ring is 1. The maximum absolute atomic E-state index is 13.6. The fraction of sp³-hybridized carbons (Fsp3) is 0.0455. The second kappa shape index (κ2) is 18.7. The van der Waals surface area contributed by atoms with Gasteiger partial charge in [-0.15, -0.1) is 0 Å². The molecule has 4 N–H and O–H groups in total. The summed E-state index contributed by atoms with van der Waals surface area (Å²) in [4.78, 5) is 26.6. The van der Waals surface area contributed by atoms with Crippen molar-refractivity contribution >= 4 is 80.7 Å². The van der Waals surface area contributed by atoms with Crippen molar-refractivity contribution in [1.82, 2.24) is 0 Å². The second-order valence-corrected chi connectivity index (χ2v) is 14.3. The third kappa shape index (κ3) is 11.6. The number of aliphatic imine (C=N–C) groups is 1. The molecule has 0 unspecified atom stereocenters. The molecule has 0 saturated carbocycles. The Labute approximate surface area is 443 Å². The van der Waals surface area contributed by atoms with Crippen LogP contribution < -0.4 is 222 Å². The van der Waals surface area contributed by atoms with Crippen LogP contribution in [-0.2, 0) is 40.5 Å². The summed E-state index contributed by atoms with van der Waals surface area (Å²) in [7, 11) is -21.3. The summed E-state index contributed by atoms with van der Waals surface area (Å²) in [5.41, 5.74) is -0.478. The number of nitrogens with two attached hydrogens (primary N) is 1. The molecule has 0 fully saturated rings. The van der Waals surface area contributed by atoms with E-state index in [1.54, 1.807) is 0 Å². The topological polar surface area (TPSA) is 334 Å². The number of carbonyl (C=O) groups is 2. The van der Waals surface area contributed by atoms with Gasteiger partial charge in [-0.2, -0.15) is 8.42 Å². The number of hydrogen-bond acceptors (Lipinski definition) is 17. The zero-order chi connectivity index (χ0) is 33.2. The van der Waals surface area contributed by atoms with Gasteiger partial charge in [0.25, 0.3) is 10.1 Å². The first-order valence-corrected chi connectivity index (χ1v) is 17.0. The molecule has 1 aliphatic carbocycles. The Bertz CT molecular complexity index is 2300. The van der Waals surface area contributed by atoms with Crippen LogP contribution in [0.15, 0.2) is 62.1 Å². The van der Waals surface area contributed by atoms with Gasteiger partial charge in [0, 0.05) is 11.3 Å². The van der Waals surface area contributed by atoms with Crippen molar-refractivity contribution in [1.29, 1.82) is 0 Å². The Kier molecular flexibility index (Phi) is 19.6. The van der Waals surface area contributed by atoms with E-state index in [-0.39, 0.29) is 206 Å². The van der Waals surface area contributed by atoms with E-state index in [1.807, 2.05) is 0 Å². The smallest absolute Gasteiger partial charge is 0.861 e. The molecule has 0 aliphatic heterocycles. The quantitative estimate of drug-likeness (QED) is 0.0487. The van der Waals surface area contributed by atoms with Crippen LogP contribution in [0.5, 0.6) is 0 Å². The summed E-state index contributed by atoms with van der Waals surface area (Å²) >= 11 is 0. The van der Waals surface area contributed by atoms with Crippen molar-refractivity contribution in [2.45, 2.75) is 14.7 Å². The number of carbonyl (C=O) groups excluding carboxylic acids is 2. The standard InChI is InChI=1S/C22H17N3O15S4.4K/c23-20-15(44(38,39)40)7-12(18-19(20)21(27)10-2-1-3-13(42(32,33)34)17(10)22(18)28)24-9-4-5-11(14(6-9)43(35,36)37)25-16(26)8-41(29,30)31;;;;/h1-7,24H,8,23H2,(H,25,26)(H,29,30,31)(H,32,33,34)(H,35,36,37)(H,38,39,40);;;;/q;4*+1/p-4. The molecule has 0 atom stereocenters. The summed E-state index contributed by atoms with van der Waals surface area (Å²) in [6.07, 6.45) is 0. The molecule has 3 aromatic rings. The molecule has 48 heavy (non-hydrogen) atoms. The van der Waals surface area contributed by atoms with Crippen LogP contribution in [0, 0.1) is 0 Å². The number of ketones is 2. The van der Waals surface area contributed by atoms with Gasteiger partial charge >= 0.3 is 206 Å². The number of benzene rings is 3. The largest absolute Gasteiger partial charge is 1.00 e. The fourth-order valence-electron chi connectivity index (χ4n) is 4.24. The first-order valence-electron chi connectivity index (χ1n) is 11.2. The van der Waals surface area contributed by atoms with Gasteiger partial charge in [0.1, 0.15) is 25.1 Å². The van der Waals surface area contributed by atoms with E-state index in [1.165, 1.54) is 0 Å². The van der Waals surface area contributed by atoms with Crippen LogP contribution in [-0.4, -0.2) is 75.1 Å². The van der Waals surface area contributed by atoms with E-state index in [4.69, 9.17) is 5.73 Å². The Morgan fingerprint density at radius 1 is 0.750 bits per heavy atom. The van der Waals surface area contributed by atoms with Crippen LogP contribution in [0.4, 0.5) is 22.7 Å². The van der Waals surface area contributed by atoms with Crippen LogP contribution in [0.3, 0.4) is 0 Å². The van der Waals surface area contributed by atoms with Crippen molar-refractivity contribution in [3.8, 4) is 0 Å². The molecule has 0 spiro atoms. The normalized spacial score (nSPS) is 13.0. The zero-order valence-electron chi connectivity index (χ0n) is 25.1. The van der Waals surface area contributed by atoms with Gasteiger partial charge in [0.15, 0.2) is 11.6 Å². The number of fused-ring (bicyclic) bond motifs is 2. The van der Waals surface area contributed by atoms with Gasteiger partial charge in [-0.1, -0.05) is 12.1 Å². The Morgan fingerprint density at radius 3 is 1.81 bits per heavy atom. The van der Waals surface area contributed by atoms with Gasteiger partial charge in [-0.05, 0) is 36.2 Å². The van der Waals surface area contributed by atoms with Gasteiger partial charge in [-0.3, -0.25) is 19.1 Å². The third-order valence-electron chi connectivity index (χ3n) is 5.88. The Morgan fingerprint density at radius 2 is 1.31 bits per heavy atom. The van der Waals surface area contributed by atoms with E-state index in [2.05, 4.69) is 10.3 Å². The number of hydrogen-bond donors (Lipinski definition) is 3. The molecule has 0 amide bonds. The summed E-state index contributed by atoms with van der Waals surface area (Å²) in [5.74, 6) is -5.90. The molecule has 0 aromatic heterocycles. The number of nitrogens with one attached hydrogen (secondary N) is 1. The van der Waals surface area contributed by atoms with Crippen LogP contribution in [0.25, 0.3) is 0 Å². The molecule has 0 radical (unpaired) electrons. The molecular weight excluding hydrogens is 831 g/mol. The average molecular weight is 844 g/mol. The monoisotopic (exact) mass is 843 g/mol. The molecule has 4 rings (SSSR count). The van der Waals surface area contributed by atoms with Crippen molar-refractivity contribution in [3.63, 3.8) is 0 Å². The van der Waals surface area contributed by atoms with E-state index in [0.717, 1.165) is 24.3 Å². The van der Waals surface area contributed by atoms with Gasteiger partial charge in [0.05, 0.1) is 59.4 Å². The molecule has 18 nitrogen and oxygen atoms in total. The van der Waals surface area contributed by atoms with Gasteiger partial charge in [0.2, 0.25) is 0 Å². The maximum Gasteiger partial charge on any atom is 1.00 e. The number of rotatable bonds is 8. The van der Waals surface area contributed by atoms with Crippen molar-refractivity contribution in [2.24, 2.45) is 4.99 Å². The van der Waals surface area contributed by atoms with E-state index >= 15 is 0 Å². The van der Waals surface area contributed by atoms with Crippen LogP contribution in [0.2, 0.25) is 0 Å². The summed E-state index contributed by atoms with van der Waals surface area (Å²) in [6.45, 7) is 0. The molecule has 0 saturated heterocycles. The summed E-state index contributed by atoms with van der Waals surface area (Å²) in [5, 5.41) is 14.1. The summed E-state index contributed by atoms with van der Waals surface area (Å²) < 4.78 is 138. The molecule has 0 bridgehead atoms. The Hall–Kier alpha value is 2.26. The van der Waals surface area contributed by atoms with Gasteiger partial charge < -0.3 is 29.8 Å². The van der Waals surface area contributed by atoms with Crippen molar-refractivity contribution in [3.05, 3.63) is 64.7 Å². The van der Waals surface area contributed by atoms with Crippen molar-refractivity contribution in [2.75, 3.05) is 16.8 Å². The number of nitrogens with zero attached hydrogens (tertiary/aromatic N) is 1. The molecule has 234 valence electrons. The third-order valence-corrected chi connectivity index (χ3v) is 9.12.